The number of hydrogen-bond donors (Lipinski definition) is 0. The Bertz CT molecular complexity index is 5760. The van der Waals surface area contributed by atoms with Crippen LogP contribution in [0.1, 0.15) is 89.2 Å². The Morgan fingerprint density at radius 1 is 0.225 bits per heavy atom. The van der Waals surface area contributed by atoms with Crippen molar-refractivity contribution in [3.63, 3.8) is 0 Å². The van der Waals surface area contributed by atoms with Crippen LogP contribution in [0.4, 0.5) is 0 Å². The molecule has 0 atom stereocenters. The summed E-state index contributed by atoms with van der Waals surface area (Å²) in [6.45, 7) is 4.71. The Morgan fingerprint density at radius 3 is 0.667 bits per heavy atom. The van der Waals surface area contributed by atoms with E-state index in [-0.39, 0.29) is 5.41 Å². The van der Waals surface area contributed by atoms with Crippen molar-refractivity contribution in [1.82, 2.24) is 27.4 Å². The van der Waals surface area contributed by atoms with Crippen molar-refractivity contribution in [2.24, 2.45) is 0 Å². The third-order valence-electron chi connectivity index (χ3n) is 23.0. The molecule has 0 aliphatic heterocycles. The van der Waals surface area contributed by atoms with Crippen molar-refractivity contribution in [3.8, 4) is 130 Å². The third-order valence-corrected chi connectivity index (χ3v) is 30.1. The van der Waals surface area contributed by atoms with Crippen LogP contribution in [0.15, 0.2) is 298 Å². The fraction of sp³-hybridized carbons (Fsp3) is 0.134. The number of aromatic nitrogens is 6. The van der Waals surface area contributed by atoms with Gasteiger partial charge in [-0.25, -0.2) is 0 Å². The van der Waals surface area contributed by atoms with Gasteiger partial charge in [0.05, 0.1) is 107 Å². The highest BCUT2D eigenvalue weighted by Crippen LogP contribution is 2.57. The first-order valence-electron chi connectivity index (χ1n) is 38.6. The zero-order valence-electron chi connectivity index (χ0n) is 61.4. The number of thiophene rings is 8. The van der Waals surface area contributed by atoms with Crippen molar-refractivity contribution < 1.29 is 0 Å². The van der Waals surface area contributed by atoms with Crippen molar-refractivity contribution in [1.29, 1.82) is 0 Å². The second kappa shape index (κ2) is 28.7. The molecule has 14 heterocycles. The Hall–Kier alpha value is -10.4. The van der Waals surface area contributed by atoms with Crippen LogP contribution >= 0.6 is 90.7 Å². The van der Waals surface area contributed by atoms with E-state index in [1.165, 1.54) is 200 Å². The highest BCUT2D eigenvalue weighted by Gasteiger charge is 2.43. The summed E-state index contributed by atoms with van der Waals surface area (Å²) in [7, 11) is 0. The molecule has 0 unspecified atom stereocenters. The van der Waals surface area contributed by atoms with Gasteiger partial charge in [-0.1, -0.05) is 126 Å². The fourth-order valence-electron chi connectivity index (χ4n) is 18.0. The maximum absolute atomic E-state index is 2.66. The van der Waals surface area contributed by atoms with Crippen molar-refractivity contribution >= 4 is 134 Å². The van der Waals surface area contributed by atoms with Gasteiger partial charge in [0.1, 0.15) is 0 Å². The van der Waals surface area contributed by atoms with Gasteiger partial charge < -0.3 is 27.4 Å². The number of hydrogen-bond acceptors (Lipinski definition) is 8. The summed E-state index contributed by atoms with van der Waals surface area (Å²) in [5, 5.41) is 22.5. The first-order valence-corrected chi connectivity index (χ1v) is 45.7. The van der Waals surface area contributed by atoms with Crippen LogP contribution in [0.2, 0.25) is 0 Å². The third kappa shape index (κ3) is 11.6. The van der Waals surface area contributed by atoms with Crippen LogP contribution in [0.3, 0.4) is 0 Å². The highest BCUT2D eigenvalue weighted by molar-refractivity contribution is 7.15. The lowest BCUT2D eigenvalue weighted by atomic mass is 9.70. The molecule has 0 N–H and O–H groups in total. The summed E-state index contributed by atoms with van der Waals surface area (Å²) in [6.07, 6.45) is 11.7. The molecule has 0 saturated heterocycles. The highest BCUT2D eigenvalue weighted by atomic mass is 32.1. The predicted molar refractivity (Wildman–Crippen MR) is 483 cm³/mol. The van der Waals surface area contributed by atoms with Gasteiger partial charge in [0, 0.05) is 61.1 Å². The number of benzene rings is 6. The quantitative estimate of drug-likeness (QED) is 0.0540. The molecule has 111 heavy (non-hydrogen) atoms. The lowest BCUT2D eigenvalue weighted by Crippen LogP contribution is -2.26. The molecular formula is C97H76N6S8. The summed E-state index contributed by atoms with van der Waals surface area (Å²) >= 11 is 14.4. The minimum absolute atomic E-state index is 0.262. The monoisotopic (exact) mass is 1580 g/mol. The molecule has 1 aliphatic rings. The lowest BCUT2D eigenvalue weighted by molar-refractivity contribution is 0.401. The van der Waals surface area contributed by atoms with E-state index in [0.717, 1.165) is 48.4 Å². The van der Waals surface area contributed by atoms with E-state index in [4.69, 9.17) is 0 Å². The zero-order chi connectivity index (χ0) is 73.7. The molecular weight excluding hydrogens is 1510 g/mol. The molecule has 1 aliphatic carbocycles. The van der Waals surface area contributed by atoms with Crippen LogP contribution in [-0.4, -0.2) is 27.4 Å². The van der Waals surface area contributed by atoms with E-state index in [9.17, 15) is 0 Å². The number of fused-ring (bicyclic) bond motifs is 9. The second-order valence-corrected chi connectivity index (χ2v) is 36.8. The van der Waals surface area contributed by atoms with Gasteiger partial charge in [-0.05, 0) is 272 Å². The van der Waals surface area contributed by atoms with E-state index >= 15 is 0 Å². The van der Waals surface area contributed by atoms with Crippen LogP contribution in [0.25, 0.3) is 173 Å². The second-order valence-electron chi connectivity index (χ2n) is 29.2. The fourth-order valence-corrected chi connectivity index (χ4v) is 24.0. The Balaban J connectivity index is 0.771. The Labute approximate surface area is 677 Å². The normalized spacial score (nSPS) is 12.7. The summed E-state index contributed by atoms with van der Waals surface area (Å²) in [5.41, 5.74) is 26.7. The van der Waals surface area contributed by atoms with Crippen molar-refractivity contribution in [2.45, 2.75) is 83.5 Å². The summed E-state index contributed by atoms with van der Waals surface area (Å²) in [5.74, 6) is 0. The molecule has 14 heteroatoms. The number of unbranched alkanes of at least 4 members (excludes halogenated alkanes) is 6. The first kappa shape index (κ1) is 68.7. The Kier molecular flexibility index (Phi) is 17.8. The molecule has 20 aromatic rings. The minimum atomic E-state index is -0.262. The lowest BCUT2D eigenvalue weighted by Gasteiger charge is -2.33. The van der Waals surface area contributed by atoms with Crippen LogP contribution in [0.5, 0.6) is 0 Å². The average Bonchev–Trinajstić information content (AvgIpc) is 1.55. The van der Waals surface area contributed by atoms with Crippen LogP contribution in [-0.2, 0) is 5.41 Å². The van der Waals surface area contributed by atoms with E-state index in [1.54, 1.807) is 90.7 Å². The van der Waals surface area contributed by atoms with Gasteiger partial charge in [0.15, 0.2) is 0 Å². The molecule has 0 bridgehead atoms. The van der Waals surface area contributed by atoms with Crippen LogP contribution < -0.4 is 0 Å². The topological polar surface area (TPSA) is 29.6 Å². The maximum Gasteiger partial charge on any atom is 0.0635 e. The molecule has 0 spiro atoms. The summed E-state index contributed by atoms with van der Waals surface area (Å²) < 4.78 is 15.2. The predicted octanol–water partition coefficient (Wildman–Crippen LogP) is 31.1. The smallest absolute Gasteiger partial charge is 0.0635 e. The zero-order valence-corrected chi connectivity index (χ0v) is 67.9. The van der Waals surface area contributed by atoms with Crippen LogP contribution in [0, 0.1) is 0 Å². The molecule has 542 valence electrons. The van der Waals surface area contributed by atoms with Crippen molar-refractivity contribution in [3.05, 3.63) is 309 Å². The van der Waals surface area contributed by atoms with Gasteiger partial charge in [-0.2, -0.15) is 0 Å². The molecule has 21 rings (SSSR count). The molecule has 0 fully saturated rings. The van der Waals surface area contributed by atoms with Gasteiger partial charge in [0.2, 0.25) is 0 Å². The maximum atomic E-state index is 2.66. The number of nitrogens with zero attached hydrogens (tertiary/aromatic N) is 6. The molecule has 0 amide bonds. The largest absolute Gasteiger partial charge is 0.309 e. The molecule has 6 nitrogen and oxygen atoms in total. The van der Waals surface area contributed by atoms with E-state index < -0.39 is 0 Å². The molecule has 0 radical (unpaired) electrons. The molecule has 6 aromatic carbocycles. The summed E-state index contributed by atoms with van der Waals surface area (Å²) in [6, 6.07) is 98.5. The average molecular weight is 1580 g/mol. The SMILES string of the molecule is CCCCCCC1(CCCCCC)c2cc(-n3c4ccc(-n5c(-c6cccs6)ccc5-c5cccs5)cc4c4cc(-n5c(-c6cccs6)ccc5-c5cccs5)ccc43)ccc2-c2ccc(-n3c4ccc(-n5c(-c6cccs6)ccc5-c5cccs5)cc4c4cc(-n5c(-c6cccs6)ccc5-c5cccs5)ccc43)cc21. The standard InChI is InChI=1S/C97H76N6S8/c1-3-5-7-9-47-97(48-10-8-6-4-2)75-61-67(98-77-35-29-63(100-81(89-19-11-49-104-89)39-40-82(100)90-20-12-50-105-90)57-71(77)72-58-64(30-36-78(72)98)101-83(91-21-13-51-106-91)41-42-84(101)92-22-14-52-107-92)27-33-69(75)70-34-28-68(62-76(70)97)99-79-37-31-65(102-85(93-23-15-53-108-93)43-44-86(102)94-24-16-54-109-94)59-73(79)74-60-66(32-38-80(74)99)103-87(95-25-17-55-110-95)45-46-88(103)96-26-18-56-111-96/h11-46,49-62H,3-10,47-48H2,1-2H3. The van der Waals surface area contributed by atoms with E-state index in [2.05, 4.69) is 339 Å². The Morgan fingerprint density at radius 2 is 0.450 bits per heavy atom. The van der Waals surface area contributed by atoms with Crippen molar-refractivity contribution in [2.75, 3.05) is 0 Å². The first-order chi connectivity index (χ1) is 55.0. The van der Waals surface area contributed by atoms with E-state index in [1.807, 2.05) is 0 Å². The number of rotatable bonds is 24. The molecule has 14 aromatic heterocycles. The van der Waals surface area contributed by atoms with Gasteiger partial charge in [0.25, 0.3) is 0 Å². The van der Waals surface area contributed by atoms with E-state index in [0.29, 0.717) is 0 Å². The van der Waals surface area contributed by atoms with Gasteiger partial charge in [-0.3, -0.25) is 0 Å². The summed E-state index contributed by atoms with van der Waals surface area (Å²) in [4.78, 5) is 9.97. The van der Waals surface area contributed by atoms with Gasteiger partial charge >= 0.3 is 0 Å². The molecule has 0 saturated carbocycles. The van der Waals surface area contributed by atoms with Gasteiger partial charge in [-0.15, -0.1) is 90.7 Å². The minimum Gasteiger partial charge on any atom is -0.309 e.